The number of carbonyl (C=O) groups is 1. The van der Waals surface area contributed by atoms with E-state index in [2.05, 4.69) is 11.6 Å². The summed E-state index contributed by atoms with van der Waals surface area (Å²) in [6, 6.07) is 12.8. The van der Waals surface area contributed by atoms with E-state index in [4.69, 9.17) is 16.6 Å². The van der Waals surface area contributed by atoms with Crippen LogP contribution in [-0.4, -0.2) is 61.0 Å². The zero-order valence-electron chi connectivity index (χ0n) is 24.7. The second-order valence-corrected chi connectivity index (χ2v) is 12.9. The molecule has 8 nitrogen and oxygen atoms in total. The maximum absolute atomic E-state index is 15.0. The Morgan fingerprint density at radius 1 is 1.12 bits per heavy atom. The van der Waals surface area contributed by atoms with E-state index in [0.717, 1.165) is 5.56 Å². The van der Waals surface area contributed by atoms with Crippen molar-refractivity contribution in [2.45, 2.75) is 50.6 Å². The van der Waals surface area contributed by atoms with E-state index in [9.17, 15) is 18.2 Å². The molecule has 2 aromatic carbocycles. The fourth-order valence-electron chi connectivity index (χ4n) is 5.61. The molecule has 3 heterocycles. The van der Waals surface area contributed by atoms with E-state index in [0.29, 0.717) is 34.9 Å². The average molecular weight is 622 g/mol. The minimum absolute atomic E-state index is 0.0326. The smallest absolute Gasteiger partial charge is 0.349 e. The Labute approximate surface area is 257 Å². The molecule has 5 rings (SSSR count). The molecule has 224 valence electrons. The lowest BCUT2D eigenvalue weighted by molar-refractivity contribution is -0.128. The van der Waals surface area contributed by atoms with Crippen LogP contribution in [0, 0.1) is 5.82 Å². The summed E-state index contributed by atoms with van der Waals surface area (Å²) in [5, 5.41) is 0.706. The molecule has 1 aliphatic rings. The molecule has 0 aliphatic carbocycles. The van der Waals surface area contributed by atoms with Gasteiger partial charge >= 0.3 is 5.69 Å². The predicted molar refractivity (Wildman–Crippen MR) is 170 cm³/mol. The predicted octanol–water partition coefficient (Wildman–Crippen LogP) is 5.71. The number of nitrogens with zero attached hydrogens (tertiary/aromatic N) is 5. The first-order valence-corrected chi connectivity index (χ1v) is 15.9. The second kappa shape index (κ2) is 12.0. The largest absolute Gasteiger partial charge is 0.355 e. The third-order valence-electron chi connectivity index (χ3n) is 7.84. The molecule has 11 heteroatoms. The number of piperazine rings is 1. The van der Waals surface area contributed by atoms with Crippen molar-refractivity contribution in [3.63, 3.8) is 0 Å². The maximum atomic E-state index is 15.0. The van der Waals surface area contributed by atoms with Crippen LogP contribution < -0.4 is 10.6 Å². The van der Waals surface area contributed by atoms with Crippen LogP contribution in [0.5, 0.6) is 0 Å². The highest BCUT2D eigenvalue weighted by molar-refractivity contribution is 7.84. The van der Waals surface area contributed by atoms with E-state index in [1.54, 1.807) is 47.6 Å². The van der Waals surface area contributed by atoms with Gasteiger partial charge in [-0.15, -0.1) is 0 Å². The highest BCUT2D eigenvalue weighted by atomic mass is 35.5. The van der Waals surface area contributed by atoms with Gasteiger partial charge < -0.3 is 9.80 Å². The second-order valence-electron chi connectivity index (χ2n) is 11.1. The van der Waals surface area contributed by atoms with Gasteiger partial charge in [0.05, 0.1) is 21.8 Å². The van der Waals surface area contributed by atoms with Crippen molar-refractivity contribution >= 4 is 45.2 Å². The summed E-state index contributed by atoms with van der Waals surface area (Å²) in [7, 11) is -1.23. The van der Waals surface area contributed by atoms with Gasteiger partial charge in [-0.2, -0.15) is 4.98 Å². The summed E-state index contributed by atoms with van der Waals surface area (Å²) in [5.41, 5.74) is 1.40. The fraction of sp³-hybridized carbons (Fsp3) is 0.312. The van der Waals surface area contributed by atoms with Crippen molar-refractivity contribution in [1.82, 2.24) is 19.4 Å². The Kier molecular flexibility index (Phi) is 8.54. The van der Waals surface area contributed by atoms with Crippen LogP contribution >= 0.6 is 11.6 Å². The summed E-state index contributed by atoms with van der Waals surface area (Å²) in [4.78, 5) is 40.3. The molecule has 0 saturated carbocycles. The Bertz CT molecular complexity index is 1840. The third kappa shape index (κ3) is 5.61. The number of hydrogen-bond donors (Lipinski definition) is 0. The zero-order chi connectivity index (χ0) is 31.2. The van der Waals surface area contributed by atoms with Crippen molar-refractivity contribution in [1.29, 1.82) is 0 Å². The van der Waals surface area contributed by atoms with Crippen molar-refractivity contribution < 1.29 is 13.4 Å². The molecule has 1 amide bonds. The average Bonchev–Trinajstić information content (AvgIpc) is 2.97. The van der Waals surface area contributed by atoms with Crippen molar-refractivity contribution in [3.8, 4) is 16.9 Å². The zero-order valence-corrected chi connectivity index (χ0v) is 26.2. The van der Waals surface area contributed by atoms with Crippen molar-refractivity contribution in [2.24, 2.45) is 0 Å². The minimum Gasteiger partial charge on any atom is -0.349 e. The number of carbonyl (C=O) groups excluding carboxylic acids is 1. The van der Waals surface area contributed by atoms with Gasteiger partial charge in [0.15, 0.2) is 5.65 Å². The molecular formula is C32H33ClFN5O3S. The van der Waals surface area contributed by atoms with E-state index >= 15 is 0 Å². The monoisotopic (exact) mass is 621 g/mol. The van der Waals surface area contributed by atoms with Gasteiger partial charge in [0.25, 0.3) is 0 Å². The summed E-state index contributed by atoms with van der Waals surface area (Å²) >= 11 is 6.78. The Balaban J connectivity index is 1.82. The molecule has 0 spiro atoms. The van der Waals surface area contributed by atoms with Gasteiger partial charge in [0.2, 0.25) is 5.91 Å². The molecule has 1 fully saturated rings. The SMILES string of the molecule is C=CC(=O)N1C[C@H](C)N(c2nc(=O)n(-c3ccc([S@](C)=O)cc3C(C)C)c3nc(-c4ccccc4F)c(Cl)cc23)C[C@H]1C. The maximum Gasteiger partial charge on any atom is 0.355 e. The summed E-state index contributed by atoms with van der Waals surface area (Å²) in [6.45, 7) is 12.3. The Morgan fingerprint density at radius 3 is 2.49 bits per heavy atom. The number of pyridine rings is 1. The van der Waals surface area contributed by atoms with Crippen molar-refractivity contribution in [2.75, 3.05) is 24.2 Å². The first-order valence-electron chi connectivity index (χ1n) is 14.0. The standard InChI is InChI=1S/C32H33ClFN5O3S/c1-7-28(40)37-16-20(5)38(17-19(37)4)30-24-15-25(33)29(22-10-8-9-11-26(22)34)35-31(24)39(32(41)36-30)27-13-12-21(43(6)42)14-23(27)18(2)3/h7-15,18-20H,1,16-17H2,2-6H3/t19-,20+,43+/m1/s1. The number of hydrogen-bond acceptors (Lipinski definition) is 6. The van der Waals surface area contributed by atoms with Crippen LogP contribution in [0.4, 0.5) is 10.2 Å². The van der Waals surface area contributed by atoms with Gasteiger partial charge in [0.1, 0.15) is 11.6 Å². The van der Waals surface area contributed by atoms with Crippen LogP contribution in [0.3, 0.4) is 0 Å². The molecular weight excluding hydrogens is 589 g/mol. The lowest BCUT2D eigenvalue weighted by Gasteiger charge is -2.44. The fourth-order valence-corrected chi connectivity index (χ4v) is 6.41. The Hall–Kier alpha value is -3.89. The van der Waals surface area contributed by atoms with Gasteiger partial charge in [-0.3, -0.25) is 9.00 Å². The summed E-state index contributed by atoms with van der Waals surface area (Å²) < 4.78 is 28.7. The van der Waals surface area contributed by atoms with Gasteiger partial charge in [0, 0.05) is 52.7 Å². The number of anilines is 1. The van der Waals surface area contributed by atoms with E-state index < -0.39 is 22.3 Å². The minimum atomic E-state index is -1.23. The number of aromatic nitrogens is 3. The molecule has 0 N–H and O–H groups in total. The van der Waals surface area contributed by atoms with E-state index in [1.165, 1.54) is 16.7 Å². The van der Waals surface area contributed by atoms with Gasteiger partial charge in [-0.1, -0.05) is 44.2 Å². The lowest BCUT2D eigenvalue weighted by atomic mass is 10.0. The molecule has 2 aromatic heterocycles. The molecule has 0 bridgehead atoms. The van der Waals surface area contributed by atoms with E-state index in [1.807, 2.05) is 38.7 Å². The first kappa shape index (κ1) is 30.6. The van der Waals surface area contributed by atoms with E-state index in [-0.39, 0.29) is 45.8 Å². The highest BCUT2D eigenvalue weighted by Crippen LogP contribution is 2.36. The molecule has 0 radical (unpaired) electrons. The van der Waals surface area contributed by atoms with Crippen LogP contribution in [0.1, 0.15) is 39.2 Å². The van der Waals surface area contributed by atoms with Gasteiger partial charge in [-0.05, 0) is 67.8 Å². The van der Waals surface area contributed by atoms with Crippen LogP contribution in [0.2, 0.25) is 5.02 Å². The lowest BCUT2D eigenvalue weighted by Crippen LogP contribution is -2.58. The number of fused-ring (bicyclic) bond motifs is 1. The quantitative estimate of drug-likeness (QED) is 0.256. The summed E-state index contributed by atoms with van der Waals surface area (Å²) in [5.74, 6) is -0.311. The number of benzene rings is 2. The molecule has 43 heavy (non-hydrogen) atoms. The molecule has 4 aromatic rings. The van der Waals surface area contributed by atoms with Crippen molar-refractivity contribution in [3.05, 3.63) is 88.1 Å². The number of rotatable bonds is 6. The van der Waals surface area contributed by atoms with Crippen LogP contribution in [0.15, 0.2) is 70.9 Å². The first-order chi connectivity index (χ1) is 20.4. The van der Waals surface area contributed by atoms with Gasteiger partial charge in [-0.25, -0.2) is 18.7 Å². The normalized spacial score (nSPS) is 17.9. The highest BCUT2D eigenvalue weighted by Gasteiger charge is 2.34. The summed E-state index contributed by atoms with van der Waals surface area (Å²) in [6.07, 6.45) is 2.90. The molecule has 1 aliphatic heterocycles. The Morgan fingerprint density at radius 2 is 1.84 bits per heavy atom. The van der Waals surface area contributed by atoms with Crippen LogP contribution in [0.25, 0.3) is 28.0 Å². The van der Waals surface area contributed by atoms with Crippen LogP contribution in [-0.2, 0) is 15.6 Å². The molecule has 0 unspecified atom stereocenters. The molecule has 1 saturated heterocycles. The topological polar surface area (TPSA) is 88.4 Å². The molecule has 3 atom stereocenters. The number of amides is 1. The third-order valence-corrected chi connectivity index (χ3v) is 9.05. The number of halogens is 2.